The first-order chi connectivity index (χ1) is 8.16. The molecule has 0 aromatic carbocycles. The molecule has 2 rings (SSSR count). The lowest BCUT2D eigenvalue weighted by Crippen LogP contribution is -2.50. The van der Waals surface area contributed by atoms with E-state index in [2.05, 4.69) is 5.32 Å². The number of nitrogens with one attached hydrogen (secondary N) is 1. The molecule has 1 aliphatic heterocycles. The highest BCUT2D eigenvalue weighted by Crippen LogP contribution is 2.24. The van der Waals surface area contributed by atoms with Gasteiger partial charge in [-0.15, -0.1) is 0 Å². The van der Waals surface area contributed by atoms with E-state index >= 15 is 0 Å². The van der Waals surface area contributed by atoms with Gasteiger partial charge in [-0.2, -0.15) is 0 Å². The van der Waals surface area contributed by atoms with Gasteiger partial charge in [-0.25, -0.2) is 4.79 Å². The van der Waals surface area contributed by atoms with Crippen molar-refractivity contribution in [3.05, 3.63) is 0 Å². The summed E-state index contributed by atoms with van der Waals surface area (Å²) in [6.45, 7) is 1.47. The highest BCUT2D eigenvalue weighted by atomic mass is 16.5. The second-order valence-electron chi connectivity index (χ2n) is 4.59. The predicted octanol–water partition coefficient (Wildman–Crippen LogP) is 0.424. The lowest BCUT2D eigenvalue weighted by molar-refractivity contribution is -0.146. The van der Waals surface area contributed by atoms with Gasteiger partial charge in [-0.1, -0.05) is 0 Å². The molecule has 0 unspecified atom stereocenters. The minimum absolute atomic E-state index is 0.0416. The summed E-state index contributed by atoms with van der Waals surface area (Å²) in [5.41, 5.74) is 0. The van der Waals surface area contributed by atoms with Crippen molar-refractivity contribution in [3.8, 4) is 0 Å². The van der Waals surface area contributed by atoms with Crippen LogP contribution in [0.25, 0.3) is 0 Å². The summed E-state index contributed by atoms with van der Waals surface area (Å²) in [7, 11) is 0. The minimum atomic E-state index is -0.962. The van der Waals surface area contributed by atoms with E-state index in [4.69, 9.17) is 9.84 Å². The molecule has 96 valence electrons. The minimum Gasteiger partial charge on any atom is -0.465 e. The zero-order valence-electron chi connectivity index (χ0n) is 9.72. The van der Waals surface area contributed by atoms with Crippen molar-refractivity contribution in [2.45, 2.75) is 37.8 Å². The molecular weight excluding hydrogens is 224 g/mol. The number of hydrogen-bond acceptors (Lipinski definition) is 3. The van der Waals surface area contributed by atoms with Crippen LogP contribution in [0.2, 0.25) is 0 Å². The molecule has 2 aliphatic rings. The quantitative estimate of drug-likeness (QED) is 0.735. The van der Waals surface area contributed by atoms with Crippen molar-refractivity contribution in [1.82, 2.24) is 10.2 Å². The van der Waals surface area contributed by atoms with E-state index < -0.39 is 6.09 Å². The highest BCUT2D eigenvalue weighted by molar-refractivity contribution is 5.78. The Morgan fingerprint density at radius 2 is 2.06 bits per heavy atom. The van der Waals surface area contributed by atoms with Crippen LogP contribution in [0, 0.1) is 0 Å². The number of carboxylic acid groups (broad SMARTS) is 1. The summed E-state index contributed by atoms with van der Waals surface area (Å²) in [4.78, 5) is 24.0. The summed E-state index contributed by atoms with van der Waals surface area (Å²) in [5, 5.41) is 11.1. The second kappa shape index (κ2) is 5.35. The lowest BCUT2D eigenvalue weighted by Gasteiger charge is -2.38. The smallest absolute Gasteiger partial charge is 0.404 e. The number of hydrogen-bond donors (Lipinski definition) is 2. The van der Waals surface area contributed by atoms with Crippen LogP contribution in [0.15, 0.2) is 0 Å². The number of rotatable bonds is 2. The number of ether oxygens (including phenoxy) is 1. The van der Waals surface area contributed by atoms with Crippen LogP contribution in [-0.4, -0.2) is 53.8 Å². The normalized spacial score (nSPS) is 30.1. The van der Waals surface area contributed by atoms with Gasteiger partial charge in [0.15, 0.2) is 0 Å². The van der Waals surface area contributed by atoms with E-state index in [0.29, 0.717) is 13.2 Å². The van der Waals surface area contributed by atoms with Crippen molar-refractivity contribution < 1.29 is 19.4 Å². The average molecular weight is 242 g/mol. The SMILES string of the molecule is O=C(O)NC1CCC(N2CCOCC2=O)CC1. The lowest BCUT2D eigenvalue weighted by atomic mass is 9.90. The summed E-state index contributed by atoms with van der Waals surface area (Å²) in [5.74, 6) is 0.0610. The van der Waals surface area contributed by atoms with Crippen molar-refractivity contribution in [2.24, 2.45) is 0 Å². The molecule has 17 heavy (non-hydrogen) atoms. The van der Waals surface area contributed by atoms with Crippen LogP contribution >= 0.6 is 0 Å². The molecule has 1 saturated heterocycles. The molecule has 1 aliphatic carbocycles. The van der Waals surface area contributed by atoms with Crippen molar-refractivity contribution in [3.63, 3.8) is 0 Å². The molecule has 0 aromatic rings. The molecule has 0 bridgehead atoms. The first-order valence-corrected chi connectivity index (χ1v) is 6.03. The molecular formula is C11H18N2O4. The van der Waals surface area contributed by atoms with Gasteiger partial charge in [0.05, 0.1) is 6.61 Å². The van der Waals surface area contributed by atoms with Gasteiger partial charge in [0, 0.05) is 18.6 Å². The van der Waals surface area contributed by atoms with Crippen LogP contribution in [-0.2, 0) is 9.53 Å². The maximum absolute atomic E-state index is 11.6. The van der Waals surface area contributed by atoms with E-state index in [-0.39, 0.29) is 24.6 Å². The Labute approximate surface area is 99.9 Å². The third-order valence-corrected chi connectivity index (χ3v) is 3.49. The Morgan fingerprint density at radius 3 is 2.65 bits per heavy atom. The second-order valence-corrected chi connectivity index (χ2v) is 4.59. The Bertz CT molecular complexity index is 300. The summed E-state index contributed by atoms with van der Waals surface area (Å²) >= 11 is 0. The number of amides is 2. The summed E-state index contributed by atoms with van der Waals surface area (Å²) in [6.07, 6.45) is 2.40. The van der Waals surface area contributed by atoms with E-state index in [0.717, 1.165) is 25.7 Å². The van der Waals surface area contributed by atoms with Crippen LogP contribution in [0.5, 0.6) is 0 Å². The van der Waals surface area contributed by atoms with Gasteiger partial charge >= 0.3 is 6.09 Å². The molecule has 2 amide bonds. The number of nitrogens with zero attached hydrogens (tertiary/aromatic N) is 1. The number of carbonyl (C=O) groups excluding carboxylic acids is 1. The van der Waals surface area contributed by atoms with Gasteiger partial charge in [0.1, 0.15) is 6.61 Å². The van der Waals surface area contributed by atoms with E-state index in [9.17, 15) is 9.59 Å². The molecule has 1 saturated carbocycles. The Hall–Kier alpha value is -1.30. The number of carbonyl (C=O) groups is 2. The Morgan fingerprint density at radius 1 is 1.35 bits per heavy atom. The third kappa shape index (κ3) is 3.09. The zero-order chi connectivity index (χ0) is 12.3. The van der Waals surface area contributed by atoms with Gasteiger partial charge in [0.25, 0.3) is 0 Å². The molecule has 0 aromatic heterocycles. The van der Waals surface area contributed by atoms with Gasteiger partial charge in [0.2, 0.25) is 5.91 Å². The standard InChI is InChI=1S/C11H18N2O4/c14-10-7-17-6-5-13(10)9-3-1-8(2-4-9)12-11(15)16/h8-9,12H,1-7H2,(H,15,16). The summed E-state index contributed by atoms with van der Waals surface area (Å²) < 4.78 is 5.10. The molecule has 0 radical (unpaired) electrons. The predicted molar refractivity (Wildman–Crippen MR) is 59.7 cm³/mol. The van der Waals surface area contributed by atoms with Gasteiger partial charge in [-0.05, 0) is 25.7 Å². The van der Waals surface area contributed by atoms with Crippen LogP contribution in [0.1, 0.15) is 25.7 Å². The molecule has 6 heteroatoms. The van der Waals surface area contributed by atoms with E-state index in [1.807, 2.05) is 4.90 Å². The molecule has 0 atom stereocenters. The molecule has 2 N–H and O–H groups in total. The van der Waals surface area contributed by atoms with Gasteiger partial charge in [-0.3, -0.25) is 4.79 Å². The van der Waals surface area contributed by atoms with Crippen LogP contribution in [0.3, 0.4) is 0 Å². The average Bonchev–Trinajstić information content (AvgIpc) is 2.30. The largest absolute Gasteiger partial charge is 0.465 e. The fourth-order valence-electron chi connectivity index (χ4n) is 2.62. The Kier molecular flexibility index (Phi) is 3.83. The third-order valence-electron chi connectivity index (χ3n) is 3.49. The highest BCUT2D eigenvalue weighted by Gasteiger charge is 2.30. The molecule has 2 fully saturated rings. The van der Waals surface area contributed by atoms with Crippen LogP contribution < -0.4 is 5.32 Å². The first-order valence-electron chi connectivity index (χ1n) is 6.03. The molecule has 6 nitrogen and oxygen atoms in total. The van der Waals surface area contributed by atoms with Gasteiger partial charge < -0.3 is 20.1 Å². The fourth-order valence-corrected chi connectivity index (χ4v) is 2.62. The van der Waals surface area contributed by atoms with Crippen molar-refractivity contribution in [2.75, 3.05) is 19.8 Å². The summed E-state index contributed by atoms with van der Waals surface area (Å²) in [6, 6.07) is 0.304. The van der Waals surface area contributed by atoms with Crippen molar-refractivity contribution in [1.29, 1.82) is 0 Å². The van der Waals surface area contributed by atoms with Crippen molar-refractivity contribution >= 4 is 12.0 Å². The van der Waals surface area contributed by atoms with Crippen LogP contribution in [0.4, 0.5) is 4.79 Å². The first kappa shape index (κ1) is 12.2. The number of morpholine rings is 1. The maximum Gasteiger partial charge on any atom is 0.404 e. The Balaban J connectivity index is 1.81. The fraction of sp³-hybridized carbons (Fsp3) is 0.818. The van der Waals surface area contributed by atoms with E-state index in [1.165, 1.54) is 0 Å². The zero-order valence-corrected chi connectivity index (χ0v) is 9.72. The van der Waals surface area contributed by atoms with E-state index in [1.54, 1.807) is 0 Å². The monoisotopic (exact) mass is 242 g/mol. The topological polar surface area (TPSA) is 78.9 Å². The molecule has 1 heterocycles. The molecule has 0 spiro atoms. The maximum atomic E-state index is 11.6.